The first-order valence-electron chi connectivity index (χ1n) is 4.68. The van der Waals surface area contributed by atoms with Crippen LogP contribution in [0.2, 0.25) is 0 Å². The van der Waals surface area contributed by atoms with E-state index < -0.39 is 5.67 Å². The van der Waals surface area contributed by atoms with Gasteiger partial charge in [0.1, 0.15) is 5.67 Å². The normalized spacial score (nSPS) is 24.0. The van der Waals surface area contributed by atoms with Crippen molar-refractivity contribution in [3.63, 3.8) is 0 Å². The van der Waals surface area contributed by atoms with Crippen molar-refractivity contribution >= 4 is 0 Å². The van der Waals surface area contributed by atoms with Crippen molar-refractivity contribution < 1.29 is 9.13 Å². The van der Waals surface area contributed by atoms with Crippen LogP contribution in [0.25, 0.3) is 0 Å². The standard InChI is InChI=1S/C10H19FO/c1-9(2,3)8-10(11)4-6-12-7-5-10/h4-8H2,1-3H3. The van der Waals surface area contributed by atoms with Gasteiger partial charge in [-0.1, -0.05) is 20.8 Å². The molecule has 0 aromatic carbocycles. The summed E-state index contributed by atoms with van der Waals surface area (Å²) in [6.07, 6.45) is 1.80. The number of ether oxygens (including phenoxy) is 1. The van der Waals surface area contributed by atoms with Crippen LogP contribution < -0.4 is 0 Å². The van der Waals surface area contributed by atoms with Crippen LogP contribution in [0.5, 0.6) is 0 Å². The molecule has 0 N–H and O–H groups in total. The van der Waals surface area contributed by atoms with E-state index >= 15 is 0 Å². The fraction of sp³-hybridized carbons (Fsp3) is 1.00. The van der Waals surface area contributed by atoms with E-state index in [-0.39, 0.29) is 5.41 Å². The Morgan fingerprint density at radius 2 is 1.75 bits per heavy atom. The van der Waals surface area contributed by atoms with Crippen LogP contribution in [0.15, 0.2) is 0 Å². The fourth-order valence-corrected chi connectivity index (χ4v) is 1.86. The fourth-order valence-electron chi connectivity index (χ4n) is 1.86. The molecule has 1 heterocycles. The molecule has 0 spiro atoms. The number of halogens is 1. The minimum absolute atomic E-state index is 0.0894. The second-order valence-corrected chi connectivity index (χ2v) is 5.00. The third-order valence-corrected chi connectivity index (χ3v) is 2.24. The molecule has 1 aliphatic rings. The summed E-state index contributed by atoms with van der Waals surface area (Å²) in [5.41, 5.74) is -0.872. The molecule has 0 saturated carbocycles. The number of hydrogen-bond acceptors (Lipinski definition) is 1. The number of alkyl halides is 1. The van der Waals surface area contributed by atoms with Gasteiger partial charge in [0.15, 0.2) is 0 Å². The van der Waals surface area contributed by atoms with Crippen molar-refractivity contribution in [2.75, 3.05) is 13.2 Å². The Morgan fingerprint density at radius 3 is 2.17 bits per heavy atom. The van der Waals surface area contributed by atoms with Crippen LogP contribution in [0.1, 0.15) is 40.0 Å². The number of hydrogen-bond donors (Lipinski definition) is 0. The molecule has 0 aromatic rings. The minimum atomic E-state index is -0.962. The first-order valence-corrected chi connectivity index (χ1v) is 4.68. The van der Waals surface area contributed by atoms with Crippen LogP contribution in [0.4, 0.5) is 4.39 Å². The molecule has 0 bridgehead atoms. The lowest BCUT2D eigenvalue weighted by Gasteiger charge is -2.34. The highest BCUT2D eigenvalue weighted by atomic mass is 19.1. The summed E-state index contributed by atoms with van der Waals surface area (Å²) < 4.78 is 19.1. The van der Waals surface area contributed by atoms with Gasteiger partial charge in [-0.3, -0.25) is 0 Å². The Morgan fingerprint density at radius 1 is 1.25 bits per heavy atom. The smallest absolute Gasteiger partial charge is 0.116 e. The zero-order valence-corrected chi connectivity index (χ0v) is 8.32. The van der Waals surface area contributed by atoms with Gasteiger partial charge in [-0.25, -0.2) is 4.39 Å². The monoisotopic (exact) mass is 174 g/mol. The zero-order chi connectivity index (χ0) is 9.24. The van der Waals surface area contributed by atoms with Gasteiger partial charge in [0, 0.05) is 26.1 Å². The van der Waals surface area contributed by atoms with Crippen molar-refractivity contribution in [3.8, 4) is 0 Å². The van der Waals surface area contributed by atoms with E-state index in [1.54, 1.807) is 0 Å². The lowest BCUT2D eigenvalue weighted by molar-refractivity contribution is -0.0289. The lowest BCUT2D eigenvalue weighted by atomic mass is 9.79. The van der Waals surface area contributed by atoms with Crippen molar-refractivity contribution in [3.05, 3.63) is 0 Å². The largest absolute Gasteiger partial charge is 0.381 e. The molecule has 0 amide bonds. The molecule has 1 nitrogen and oxygen atoms in total. The highest BCUT2D eigenvalue weighted by Crippen LogP contribution is 2.36. The first-order chi connectivity index (χ1) is 5.41. The Bertz CT molecular complexity index is 142. The van der Waals surface area contributed by atoms with E-state index in [9.17, 15) is 4.39 Å². The van der Waals surface area contributed by atoms with Gasteiger partial charge in [-0.2, -0.15) is 0 Å². The molecule has 1 fully saturated rings. The van der Waals surface area contributed by atoms with Gasteiger partial charge in [-0.15, -0.1) is 0 Å². The Balaban J connectivity index is 2.47. The molecule has 12 heavy (non-hydrogen) atoms. The molecular formula is C10H19FO. The Kier molecular flexibility index (Phi) is 2.77. The zero-order valence-electron chi connectivity index (χ0n) is 8.32. The number of rotatable bonds is 1. The third kappa shape index (κ3) is 3.10. The minimum Gasteiger partial charge on any atom is -0.381 e. The van der Waals surface area contributed by atoms with Crippen LogP contribution in [0, 0.1) is 5.41 Å². The maximum absolute atomic E-state index is 14.0. The van der Waals surface area contributed by atoms with Gasteiger partial charge >= 0.3 is 0 Å². The van der Waals surface area contributed by atoms with Gasteiger partial charge in [-0.05, 0) is 11.8 Å². The molecule has 72 valence electrons. The maximum atomic E-state index is 14.0. The van der Waals surface area contributed by atoms with E-state index in [4.69, 9.17) is 4.74 Å². The summed E-state index contributed by atoms with van der Waals surface area (Å²) >= 11 is 0. The van der Waals surface area contributed by atoms with E-state index in [1.807, 2.05) is 0 Å². The molecule has 2 heteroatoms. The molecule has 0 radical (unpaired) electrons. The van der Waals surface area contributed by atoms with E-state index in [1.165, 1.54) is 0 Å². The van der Waals surface area contributed by atoms with Crippen molar-refractivity contribution in [1.29, 1.82) is 0 Å². The lowest BCUT2D eigenvalue weighted by Crippen LogP contribution is -2.35. The topological polar surface area (TPSA) is 9.23 Å². The summed E-state index contributed by atoms with van der Waals surface area (Å²) in [6, 6.07) is 0. The Labute approximate surface area is 74.3 Å². The van der Waals surface area contributed by atoms with Crippen molar-refractivity contribution in [1.82, 2.24) is 0 Å². The summed E-state index contributed by atoms with van der Waals surface area (Å²) in [4.78, 5) is 0. The molecule has 0 aliphatic carbocycles. The van der Waals surface area contributed by atoms with Gasteiger partial charge in [0.25, 0.3) is 0 Å². The first kappa shape index (κ1) is 9.97. The van der Waals surface area contributed by atoms with Crippen molar-refractivity contribution in [2.24, 2.45) is 5.41 Å². The van der Waals surface area contributed by atoms with E-state index in [0.717, 1.165) is 0 Å². The second-order valence-electron chi connectivity index (χ2n) is 5.00. The van der Waals surface area contributed by atoms with Crippen LogP contribution in [-0.4, -0.2) is 18.9 Å². The predicted molar refractivity (Wildman–Crippen MR) is 48.0 cm³/mol. The highest BCUT2D eigenvalue weighted by Gasteiger charge is 2.35. The van der Waals surface area contributed by atoms with Gasteiger partial charge in [0.2, 0.25) is 0 Å². The third-order valence-electron chi connectivity index (χ3n) is 2.24. The Hall–Kier alpha value is -0.110. The maximum Gasteiger partial charge on any atom is 0.116 e. The predicted octanol–water partition coefficient (Wildman–Crippen LogP) is 2.94. The molecular weight excluding hydrogens is 155 g/mol. The molecule has 1 rings (SSSR count). The summed E-state index contributed by atoms with van der Waals surface area (Å²) in [7, 11) is 0. The molecule has 0 unspecified atom stereocenters. The molecule has 1 saturated heterocycles. The average Bonchev–Trinajstić information content (AvgIpc) is 1.83. The summed E-state index contributed by atoms with van der Waals surface area (Å²) in [6.45, 7) is 7.44. The average molecular weight is 174 g/mol. The van der Waals surface area contributed by atoms with Gasteiger partial charge in [0.05, 0.1) is 0 Å². The van der Waals surface area contributed by atoms with E-state index in [0.29, 0.717) is 32.5 Å². The van der Waals surface area contributed by atoms with Crippen molar-refractivity contribution in [2.45, 2.75) is 45.7 Å². The summed E-state index contributed by atoms with van der Waals surface area (Å²) in [5.74, 6) is 0. The molecule has 0 atom stereocenters. The molecule has 0 aromatic heterocycles. The SMILES string of the molecule is CC(C)(C)CC1(F)CCOCC1. The van der Waals surface area contributed by atoms with Crippen LogP contribution >= 0.6 is 0 Å². The quantitative estimate of drug-likeness (QED) is 0.594. The molecule has 1 aliphatic heterocycles. The van der Waals surface area contributed by atoms with Crippen LogP contribution in [-0.2, 0) is 4.74 Å². The van der Waals surface area contributed by atoms with Crippen LogP contribution in [0.3, 0.4) is 0 Å². The summed E-state index contributed by atoms with van der Waals surface area (Å²) in [5, 5.41) is 0. The van der Waals surface area contributed by atoms with Gasteiger partial charge < -0.3 is 4.74 Å². The van der Waals surface area contributed by atoms with E-state index in [2.05, 4.69) is 20.8 Å². The second kappa shape index (κ2) is 3.33. The highest BCUT2D eigenvalue weighted by molar-refractivity contribution is 4.86.